The van der Waals surface area contributed by atoms with Crippen molar-refractivity contribution in [1.82, 2.24) is 4.98 Å². The highest BCUT2D eigenvalue weighted by molar-refractivity contribution is 5.13. The van der Waals surface area contributed by atoms with E-state index in [9.17, 15) is 13.9 Å². The molecule has 1 aromatic rings. The maximum atomic E-state index is 13.0. The Morgan fingerprint density at radius 3 is 2.82 bits per heavy atom. The molecule has 0 saturated heterocycles. The standard InChI is InChI=1S/C13H17F2NO/c1-9-2-3-11(16-8-9)6-12(17)10-4-5-13(14,15)7-10/h2-3,8,10,12,17H,4-7H2,1H3. The summed E-state index contributed by atoms with van der Waals surface area (Å²) in [7, 11) is 0. The van der Waals surface area contributed by atoms with Gasteiger partial charge in [-0.1, -0.05) is 6.07 Å². The summed E-state index contributed by atoms with van der Waals surface area (Å²) in [6, 6.07) is 3.75. The van der Waals surface area contributed by atoms with Crippen LogP contribution >= 0.6 is 0 Å². The highest BCUT2D eigenvalue weighted by atomic mass is 19.3. The Morgan fingerprint density at radius 2 is 2.29 bits per heavy atom. The van der Waals surface area contributed by atoms with Gasteiger partial charge in [-0.3, -0.25) is 4.98 Å². The minimum absolute atomic E-state index is 0.101. The SMILES string of the molecule is Cc1ccc(CC(O)C2CCC(F)(F)C2)nc1. The van der Waals surface area contributed by atoms with Gasteiger partial charge in [-0.15, -0.1) is 0 Å². The van der Waals surface area contributed by atoms with Crippen LogP contribution in [0.3, 0.4) is 0 Å². The molecular weight excluding hydrogens is 224 g/mol. The molecule has 1 N–H and O–H groups in total. The van der Waals surface area contributed by atoms with E-state index in [2.05, 4.69) is 4.98 Å². The first-order chi connectivity index (χ1) is 7.96. The molecule has 1 saturated carbocycles. The molecule has 2 atom stereocenters. The molecule has 1 aromatic heterocycles. The Hall–Kier alpha value is -1.03. The third kappa shape index (κ3) is 3.22. The first-order valence-electron chi connectivity index (χ1n) is 5.94. The molecule has 0 aromatic carbocycles. The average Bonchev–Trinajstić information content (AvgIpc) is 2.62. The number of rotatable bonds is 3. The first-order valence-corrected chi connectivity index (χ1v) is 5.94. The topological polar surface area (TPSA) is 33.1 Å². The molecule has 0 spiro atoms. The zero-order valence-electron chi connectivity index (χ0n) is 9.87. The summed E-state index contributed by atoms with van der Waals surface area (Å²) < 4.78 is 26.0. The van der Waals surface area contributed by atoms with Crippen molar-refractivity contribution in [1.29, 1.82) is 0 Å². The lowest BCUT2D eigenvalue weighted by Gasteiger charge is -2.17. The van der Waals surface area contributed by atoms with E-state index in [-0.39, 0.29) is 18.8 Å². The van der Waals surface area contributed by atoms with Gasteiger partial charge in [-0.05, 0) is 30.9 Å². The fourth-order valence-electron chi connectivity index (χ4n) is 2.31. The van der Waals surface area contributed by atoms with Crippen LogP contribution in [0.25, 0.3) is 0 Å². The fourth-order valence-corrected chi connectivity index (χ4v) is 2.31. The van der Waals surface area contributed by atoms with Crippen LogP contribution in [0.2, 0.25) is 0 Å². The third-order valence-electron chi connectivity index (χ3n) is 3.38. The van der Waals surface area contributed by atoms with Crippen LogP contribution in [-0.2, 0) is 6.42 Å². The van der Waals surface area contributed by atoms with E-state index in [0.29, 0.717) is 12.8 Å². The average molecular weight is 241 g/mol. The van der Waals surface area contributed by atoms with Gasteiger partial charge in [0.2, 0.25) is 5.92 Å². The summed E-state index contributed by atoms with van der Waals surface area (Å²) in [5.74, 6) is -2.89. The summed E-state index contributed by atoms with van der Waals surface area (Å²) >= 11 is 0. The quantitative estimate of drug-likeness (QED) is 0.882. The molecule has 4 heteroatoms. The summed E-state index contributed by atoms with van der Waals surface area (Å²) in [5.41, 5.74) is 1.81. The van der Waals surface area contributed by atoms with Gasteiger partial charge in [0.15, 0.2) is 0 Å². The molecule has 2 rings (SSSR count). The normalized spacial score (nSPS) is 24.8. The number of aryl methyl sites for hydroxylation is 1. The van der Waals surface area contributed by atoms with E-state index < -0.39 is 12.0 Å². The van der Waals surface area contributed by atoms with Crippen LogP contribution in [0.4, 0.5) is 8.78 Å². The zero-order chi connectivity index (χ0) is 12.5. The number of alkyl halides is 2. The lowest BCUT2D eigenvalue weighted by Crippen LogP contribution is -2.23. The molecule has 2 unspecified atom stereocenters. The van der Waals surface area contributed by atoms with Crippen molar-refractivity contribution in [3.63, 3.8) is 0 Å². The van der Waals surface area contributed by atoms with Gasteiger partial charge >= 0.3 is 0 Å². The third-order valence-corrected chi connectivity index (χ3v) is 3.38. The Morgan fingerprint density at radius 1 is 1.53 bits per heavy atom. The highest BCUT2D eigenvalue weighted by Crippen LogP contribution is 2.40. The Balaban J connectivity index is 1.93. The monoisotopic (exact) mass is 241 g/mol. The maximum absolute atomic E-state index is 13.0. The van der Waals surface area contributed by atoms with Crippen LogP contribution in [0.15, 0.2) is 18.3 Å². The number of nitrogens with zero attached hydrogens (tertiary/aromatic N) is 1. The van der Waals surface area contributed by atoms with Crippen molar-refractivity contribution < 1.29 is 13.9 Å². The predicted octanol–water partition coefficient (Wildman–Crippen LogP) is 2.73. The molecule has 1 fully saturated rings. The number of hydrogen-bond acceptors (Lipinski definition) is 2. The van der Waals surface area contributed by atoms with E-state index in [1.165, 1.54) is 0 Å². The highest BCUT2D eigenvalue weighted by Gasteiger charge is 2.42. The molecule has 0 amide bonds. The van der Waals surface area contributed by atoms with Crippen molar-refractivity contribution in [3.8, 4) is 0 Å². The molecule has 1 aliphatic carbocycles. The Bertz CT molecular complexity index is 378. The van der Waals surface area contributed by atoms with Crippen LogP contribution in [0.1, 0.15) is 30.5 Å². The smallest absolute Gasteiger partial charge is 0.248 e. The largest absolute Gasteiger partial charge is 0.392 e. The molecule has 17 heavy (non-hydrogen) atoms. The second kappa shape index (κ2) is 4.69. The van der Waals surface area contributed by atoms with Gasteiger partial charge in [0.1, 0.15) is 0 Å². The number of aromatic nitrogens is 1. The number of aliphatic hydroxyl groups is 1. The fraction of sp³-hybridized carbons (Fsp3) is 0.615. The summed E-state index contributed by atoms with van der Waals surface area (Å²) in [6.07, 6.45) is 1.49. The van der Waals surface area contributed by atoms with Gasteiger partial charge in [0, 0.05) is 31.2 Å². The Kier molecular flexibility index (Phi) is 3.43. The molecule has 0 bridgehead atoms. The number of hydrogen-bond donors (Lipinski definition) is 1. The van der Waals surface area contributed by atoms with Crippen molar-refractivity contribution in [2.45, 2.75) is 44.6 Å². The lowest BCUT2D eigenvalue weighted by atomic mass is 9.96. The van der Waals surface area contributed by atoms with Gasteiger partial charge in [0.25, 0.3) is 0 Å². The van der Waals surface area contributed by atoms with Gasteiger partial charge in [-0.25, -0.2) is 8.78 Å². The minimum Gasteiger partial charge on any atom is -0.392 e. The molecule has 0 aliphatic heterocycles. The van der Waals surface area contributed by atoms with Gasteiger partial charge < -0.3 is 5.11 Å². The van der Waals surface area contributed by atoms with Gasteiger partial charge in [-0.2, -0.15) is 0 Å². The Labute approximate surface area is 99.7 Å². The minimum atomic E-state index is -2.59. The van der Waals surface area contributed by atoms with Crippen molar-refractivity contribution in [3.05, 3.63) is 29.6 Å². The molecule has 1 heterocycles. The van der Waals surface area contributed by atoms with Crippen LogP contribution in [-0.4, -0.2) is 22.1 Å². The maximum Gasteiger partial charge on any atom is 0.248 e. The predicted molar refractivity (Wildman–Crippen MR) is 61.0 cm³/mol. The number of aliphatic hydroxyl groups excluding tert-OH is 1. The molecule has 94 valence electrons. The summed E-state index contributed by atoms with van der Waals surface area (Å²) in [5, 5.41) is 9.93. The van der Waals surface area contributed by atoms with Crippen molar-refractivity contribution in [2.75, 3.05) is 0 Å². The van der Waals surface area contributed by atoms with Crippen LogP contribution < -0.4 is 0 Å². The van der Waals surface area contributed by atoms with E-state index in [1.54, 1.807) is 6.20 Å². The zero-order valence-corrected chi connectivity index (χ0v) is 9.87. The van der Waals surface area contributed by atoms with Crippen LogP contribution in [0, 0.1) is 12.8 Å². The molecule has 2 nitrogen and oxygen atoms in total. The first kappa shape index (κ1) is 12.4. The lowest BCUT2D eigenvalue weighted by molar-refractivity contribution is -0.00488. The van der Waals surface area contributed by atoms with E-state index in [1.807, 2.05) is 19.1 Å². The van der Waals surface area contributed by atoms with E-state index in [4.69, 9.17) is 0 Å². The summed E-state index contributed by atoms with van der Waals surface area (Å²) in [4.78, 5) is 4.18. The van der Waals surface area contributed by atoms with Crippen molar-refractivity contribution >= 4 is 0 Å². The van der Waals surface area contributed by atoms with Crippen molar-refractivity contribution in [2.24, 2.45) is 5.92 Å². The van der Waals surface area contributed by atoms with E-state index >= 15 is 0 Å². The molecular formula is C13H17F2NO. The molecule has 1 aliphatic rings. The number of pyridine rings is 1. The van der Waals surface area contributed by atoms with Gasteiger partial charge in [0.05, 0.1) is 6.10 Å². The summed E-state index contributed by atoms with van der Waals surface area (Å²) in [6.45, 7) is 1.94. The second-order valence-corrected chi connectivity index (χ2v) is 4.96. The number of halogens is 2. The second-order valence-electron chi connectivity index (χ2n) is 4.96. The van der Waals surface area contributed by atoms with E-state index in [0.717, 1.165) is 11.3 Å². The van der Waals surface area contributed by atoms with Crippen LogP contribution in [0.5, 0.6) is 0 Å². The molecule has 0 radical (unpaired) electrons.